The van der Waals surface area contributed by atoms with Gasteiger partial charge in [-0.05, 0) is 30.7 Å². The Morgan fingerprint density at radius 1 is 1.08 bits per heavy atom. The van der Waals surface area contributed by atoms with E-state index in [1.54, 1.807) is 0 Å². The van der Waals surface area contributed by atoms with E-state index in [1.807, 2.05) is 0 Å². The van der Waals surface area contributed by atoms with E-state index >= 15 is 0 Å². The van der Waals surface area contributed by atoms with Gasteiger partial charge in [-0.15, -0.1) is 0 Å². The Bertz CT molecular complexity index is 706. The third-order valence-electron chi connectivity index (χ3n) is 5.29. The van der Waals surface area contributed by atoms with Gasteiger partial charge in [0.15, 0.2) is 4.90 Å². The average molecular weight is 353 g/mol. The lowest BCUT2D eigenvalue weighted by atomic mass is 9.77. The normalized spacial score (nSPS) is 28.8. The predicted octanol–water partition coefficient (Wildman–Crippen LogP) is 2.12. The van der Waals surface area contributed by atoms with E-state index in [-0.39, 0.29) is 28.5 Å². The fourth-order valence-electron chi connectivity index (χ4n) is 3.94. The third kappa shape index (κ3) is 3.18. The van der Waals surface area contributed by atoms with Crippen LogP contribution < -0.4 is 5.73 Å². The van der Waals surface area contributed by atoms with Gasteiger partial charge in [0.1, 0.15) is 0 Å². The first-order valence-electron chi connectivity index (χ1n) is 8.40. The summed E-state index contributed by atoms with van der Waals surface area (Å²) in [6.07, 6.45) is 5.12. The molecule has 2 bridgehead atoms. The molecule has 2 atom stereocenters. The summed E-state index contributed by atoms with van der Waals surface area (Å²) in [5.41, 5.74) is 5.98. The number of para-hydroxylation sites is 1. The van der Waals surface area contributed by atoms with Crippen LogP contribution in [0.25, 0.3) is 0 Å². The summed E-state index contributed by atoms with van der Waals surface area (Å²) in [4.78, 5) is 10.3. The summed E-state index contributed by atoms with van der Waals surface area (Å²) in [6, 6.07) is 5.57. The van der Waals surface area contributed by atoms with E-state index in [9.17, 15) is 18.5 Å². The Morgan fingerprint density at radius 3 is 2.25 bits per heavy atom. The number of nitro groups is 1. The first-order chi connectivity index (χ1) is 11.4. The van der Waals surface area contributed by atoms with E-state index in [0.29, 0.717) is 13.1 Å². The maximum absolute atomic E-state index is 13.0. The molecule has 1 aliphatic heterocycles. The Kier molecular flexibility index (Phi) is 4.89. The lowest BCUT2D eigenvalue weighted by Crippen LogP contribution is -2.55. The lowest BCUT2D eigenvalue weighted by Gasteiger charge is -2.43. The van der Waals surface area contributed by atoms with Crippen LogP contribution in [-0.2, 0) is 10.0 Å². The van der Waals surface area contributed by atoms with Crippen molar-refractivity contribution in [2.45, 2.75) is 43.0 Å². The number of nitrogens with two attached hydrogens (primary N) is 1. The van der Waals surface area contributed by atoms with E-state index < -0.39 is 14.9 Å². The molecule has 24 heavy (non-hydrogen) atoms. The van der Waals surface area contributed by atoms with Crippen LogP contribution in [0, 0.1) is 22.0 Å². The van der Waals surface area contributed by atoms with Gasteiger partial charge in [-0.1, -0.05) is 31.4 Å². The Morgan fingerprint density at radius 2 is 1.67 bits per heavy atom. The van der Waals surface area contributed by atoms with Crippen molar-refractivity contribution < 1.29 is 13.3 Å². The molecule has 8 heteroatoms. The average Bonchev–Trinajstić information content (AvgIpc) is 2.57. The van der Waals surface area contributed by atoms with Gasteiger partial charge in [-0.3, -0.25) is 10.1 Å². The van der Waals surface area contributed by atoms with Crippen molar-refractivity contribution in [3.8, 4) is 0 Å². The molecule has 0 aromatic heterocycles. The molecule has 2 fully saturated rings. The summed E-state index contributed by atoms with van der Waals surface area (Å²) in [6.45, 7) is 0.706. The summed E-state index contributed by atoms with van der Waals surface area (Å²) in [7, 11) is -3.90. The standard InChI is InChI=1S/C16H23N3O4S/c17-16-12-6-2-1-3-7-13(16)11-18(10-12)24(22,23)15-9-5-4-8-14(15)19(20)21/h4-5,8-9,12-13,16H,1-3,6-7,10-11,17H2. The topological polar surface area (TPSA) is 107 Å². The zero-order valence-corrected chi connectivity index (χ0v) is 14.3. The number of nitrogens with zero attached hydrogens (tertiary/aromatic N) is 2. The van der Waals surface area contributed by atoms with Gasteiger partial charge in [0.2, 0.25) is 10.0 Å². The smallest absolute Gasteiger partial charge is 0.289 e. The summed E-state index contributed by atoms with van der Waals surface area (Å²) in [5.74, 6) is 0.253. The minimum atomic E-state index is -3.90. The quantitative estimate of drug-likeness (QED) is 0.662. The largest absolute Gasteiger partial charge is 0.327 e. The molecule has 0 amide bonds. The minimum absolute atomic E-state index is 0.0162. The van der Waals surface area contributed by atoms with Crippen LogP contribution in [0.2, 0.25) is 0 Å². The molecule has 1 saturated carbocycles. The number of fused-ring (bicyclic) bond motifs is 2. The van der Waals surface area contributed by atoms with Crippen molar-refractivity contribution in [3.05, 3.63) is 34.4 Å². The first-order valence-corrected chi connectivity index (χ1v) is 9.84. The second kappa shape index (κ2) is 6.78. The number of hydrogen-bond acceptors (Lipinski definition) is 5. The number of sulfonamides is 1. The van der Waals surface area contributed by atoms with Crippen LogP contribution in [0.1, 0.15) is 32.1 Å². The van der Waals surface area contributed by atoms with Crippen LogP contribution in [0.4, 0.5) is 5.69 Å². The van der Waals surface area contributed by atoms with Crippen LogP contribution in [-0.4, -0.2) is 36.8 Å². The number of hydrogen-bond donors (Lipinski definition) is 1. The van der Waals surface area contributed by atoms with Crippen molar-refractivity contribution in [3.63, 3.8) is 0 Å². The third-order valence-corrected chi connectivity index (χ3v) is 7.17. The fourth-order valence-corrected chi connectivity index (χ4v) is 5.66. The van der Waals surface area contributed by atoms with Crippen LogP contribution in [0.15, 0.2) is 29.2 Å². The van der Waals surface area contributed by atoms with E-state index in [4.69, 9.17) is 5.73 Å². The molecule has 2 N–H and O–H groups in total. The van der Waals surface area contributed by atoms with E-state index in [2.05, 4.69) is 0 Å². The summed E-state index contributed by atoms with van der Waals surface area (Å²) in [5, 5.41) is 11.2. The number of rotatable bonds is 3. The first kappa shape index (κ1) is 17.3. The van der Waals surface area contributed by atoms with Crippen molar-refractivity contribution in [1.29, 1.82) is 0 Å². The monoisotopic (exact) mass is 353 g/mol. The summed E-state index contributed by atoms with van der Waals surface area (Å²) >= 11 is 0. The molecule has 7 nitrogen and oxygen atoms in total. The highest BCUT2D eigenvalue weighted by molar-refractivity contribution is 7.89. The molecule has 1 saturated heterocycles. The van der Waals surface area contributed by atoms with E-state index in [0.717, 1.165) is 32.1 Å². The molecule has 0 radical (unpaired) electrons. The molecule has 2 unspecified atom stereocenters. The molecule has 1 aliphatic carbocycles. The van der Waals surface area contributed by atoms with Crippen molar-refractivity contribution in [2.24, 2.45) is 17.6 Å². The molecule has 132 valence electrons. The zero-order valence-electron chi connectivity index (χ0n) is 13.5. The molecule has 1 aromatic rings. The Hall–Kier alpha value is -1.51. The van der Waals surface area contributed by atoms with Gasteiger partial charge >= 0.3 is 0 Å². The van der Waals surface area contributed by atoms with Crippen LogP contribution >= 0.6 is 0 Å². The second-order valence-corrected chi connectivity index (χ2v) is 8.69. The van der Waals surface area contributed by atoms with Gasteiger partial charge in [-0.2, -0.15) is 4.31 Å². The zero-order chi connectivity index (χ0) is 17.3. The van der Waals surface area contributed by atoms with Gasteiger partial charge in [0, 0.05) is 25.2 Å². The maximum Gasteiger partial charge on any atom is 0.289 e. The number of benzene rings is 1. The van der Waals surface area contributed by atoms with Crippen LogP contribution in [0.3, 0.4) is 0 Å². The summed E-state index contributed by atoms with van der Waals surface area (Å²) < 4.78 is 27.5. The van der Waals surface area contributed by atoms with Gasteiger partial charge in [0.05, 0.1) is 4.92 Å². The SMILES string of the molecule is NC1C2CCCCCC1CN(S(=O)(=O)c1ccccc1[N+](=O)[O-])C2. The van der Waals surface area contributed by atoms with Crippen molar-refractivity contribution >= 4 is 15.7 Å². The van der Waals surface area contributed by atoms with Gasteiger partial charge < -0.3 is 5.73 Å². The van der Waals surface area contributed by atoms with Crippen molar-refractivity contribution in [2.75, 3.05) is 13.1 Å². The predicted molar refractivity (Wildman–Crippen MR) is 89.9 cm³/mol. The maximum atomic E-state index is 13.0. The lowest BCUT2D eigenvalue weighted by molar-refractivity contribution is -0.387. The Labute approximate surface area is 142 Å². The Balaban J connectivity index is 1.94. The molecular weight excluding hydrogens is 330 g/mol. The second-order valence-electron chi connectivity index (χ2n) is 6.78. The molecule has 3 rings (SSSR count). The molecule has 1 aromatic carbocycles. The molecular formula is C16H23N3O4S. The number of piperidine rings is 1. The minimum Gasteiger partial charge on any atom is -0.327 e. The van der Waals surface area contributed by atoms with Gasteiger partial charge in [-0.25, -0.2) is 8.42 Å². The number of nitro benzene ring substituents is 1. The molecule has 2 aliphatic rings. The van der Waals surface area contributed by atoms with E-state index in [1.165, 1.54) is 28.6 Å². The highest BCUT2D eigenvalue weighted by atomic mass is 32.2. The highest BCUT2D eigenvalue weighted by Gasteiger charge is 2.41. The van der Waals surface area contributed by atoms with Crippen molar-refractivity contribution in [1.82, 2.24) is 4.31 Å². The highest BCUT2D eigenvalue weighted by Crippen LogP contribution is 2.35. The fraction of sp³-hybridized carbons (Fsp3) is 0.625. The van der Waals surface area contributed by atoms with Gasteiger partial charge in [0.25, 0.3) is 5.69 Å². The van der Waals surface area contributed by atoms with Crippen LogP contribution in [0.5, 0.6) is 0 Å². The molecule has 1 heterocycles. The molecule has 0 spiro atoms.